The number of hydrogen-bond acceptors (Lipinski definition) is 10. The second-order valence-electron chi connectivity index (χ2n) is 32.0. The Labute approximate surface area is 597 Å². The van der Waals surface area contributed by atoms with Crippen LogP contribution in [0.15, 0.2) is 182 Å². The van der Waals surface area contributed by atoms with Gasteiger partial charge in [-0.15, -0.1) is 0 Å². The molecule has 0 spiro atoms. The highest BCUT2D eigenvalue weighted by Crippen LogP contribution is 2.58. The molecule has 0 saturated heterocycles. The number of carbonyl (C=O) groups is 6. The van der Waals surface area contributed by atoms with E-state index < -0.39 is 59.4 Å². The molecule has 6 amide bonds. The number of amides is 6. The van der Waals surface area contributed by atoms with E-state index in [-0.39, 0.29) is 77.7 Å². The first-order chi connectivity index (χ1) is 48.1. The maximum Gasteiger partial charge on any atom is 0.262 e. The van der Waals surface area contributed by atoms with E-state index in [1.807, 2.05) is 161 Å². The summed E-state index contributed by atoms with van der Waals surface area (Å²) in [5, 5.41) is 2.40. The Morgan fingerprint density at radius 2 is 0.529 bits per heavy atom. The Morgan fingerprint density at radius 1 is 0.314 bits per heavy atom. The number of carbonyl (C=O) groups excluding carboxylic acids is 6. The number of imide groups is 2. The van der Waals surface area contributed by atoms with E-state index in [0.29, 0.717) is 66.7 Å². The summed E-state index contributed by atoms with van der Waals surface area (Å²) in [7, 11) is 3.27. The molecule has 0 aliphatic carbocycles. The standard InChI is InChI=1S/C88H88N4O10/c1-49(2)77(83(97)89(17)55-25-21-19-22-26-55)91-79(93)61-45-65(99-57-37-29-51(30-38-57)85(5,6)7)71-73-67(101-59-41-33-53(34-42-59)87(11,12)13)47-63-70-64(82(96)92(81(63)95)78(50(3)4)84(98)90(18)56-27-23-20-24-28-56)48-68(102-60-43-35-54(36-44-60)88(14,15)16)74(76(70)73)72-66(46-62(80(91)94)69(61)75(71)72)100-58-39-31-52(32-40-58)86(8,9)10/h19-50,77-78H,1-18H3. The highest BCUT2D eigenvalue weighted by molar-refractivity contribution is 6.45. The van der Waals surface area contributed by atoms with Crippen molar-refractivity contribution < 1.29 is 47.7 Å². The molecule has 14 heteroatoms. The van der Waals surface area contributed by atoms with Crippen molar-refractivity contribution in [3.05, 3.63) is 226 Å². The van der Waals surface area contributed by atoms with Crippen LogP contribution >= 0.6 is 0 Å². The van der Waals surface area contributed by atoms with E-state index in [2.05, 4.69) is 83.1 Å². The van der Waals surface area contributed by atoms with Gasteiger partial charge in [-0.2, -0.15) is 0 Å². The SMILES string of the molecule is CC(C)C(C(=O)N(C)c1ccccc1)N1C(=O)c2cc(Oc3ccc(C(C)(C)C)cc3)c3c4c(Oc5ccc(C(C)(C)C)cc5)cc5c6c(cc(Oc7ccc(C(C)(C)C)cc7)c(c7c(Oc8ccc(C(C)(C)C)cc8)cc(c2c37)C1=O)c64)C(=O)N(C(C(=O)N(C)c1ccccc1)C(C)C)C5=O. The molecule has 0 N–H and O–H groups in total. The molecule has 2 aliphatic rings. The fourth-order valence-corrected chi connectivity index (χ4v) is 14.3. The van der Waals surface area contributed by atoms with Crippen LogP contribution in [0.5, 0.6) is 46.0 Å². The van der Waals surface area contributed by atoms with Gasteiger partial charge in [-0.1, -0.05) is 196 Å². The van der Waals surface area contributed by atoms with Gasteiger partial charge in [-0.05, 0) is 153 Å². The van der Waals surface area contributed by atoms with Crippen molar-refractivity contribution in [2.75, 3.05) is 23.9 Å². The van der Waals surface area contributed by atoms with Gasteiger partial charge in [0.05, 0.1) is 22.3 Å². The van der Waals surface area contributed by atoms with E-state index >= 15 is 28.8 Å². The summed E-state index contributed by atoms with van der Waals surface area (Å²) in [6.45, 7) is 32.7. The number of ether oxygens (including phenoxy) is 4. The van der Waals surface area contributed by atoms with Crippen molar-refractivity contribution in [1.82, 2.24) is 9.80 Å². The predicted octanol–water partition coefficient (Wildman–Crippen LogP) is 20.7. The molecular weight excluding hydrogens is 1270 g/mol. The minimum atomic E-state index is -1.32. The topological polar surface area (TPSA) is 152 Å². The Morgan fingerprint density at radius 3 is 0.725 bits per heavy atom. The summed E-state index contributed by atoms with van der Waals surface area (Å²) >= 11 is 0. The fourth-order valence-electron chi connectivity index (χ4n) is 14.3. The zero-order chi connectivity index (χ0) is 73.1. The van der Waals surface area contributed by atoms with Crippen LogP contribution < -0.4 is 28.7 Å². The zero-order valence-corrected chi connectivity index (χ0v) is 61.5. The van der Waals surface area contributed by atoms with Gasteiger partial charge in [0.1, 0.15) is 58.1 Å². The van der Waals surface area contributed by atoms with Gasteiger partial charge >= 0.3 is 0 Å². The second kappa shape index (κ2) is 25.6. The highest BCUT2D eigenvalue weighted by Gasteiger charge is 2.48. The third kappa shape index (κ3) is 12.3. The largest absolute Gasteiger partial charge is 0.457 e. The first-order valence-electron chi connectivity index (χ1n) is 35.0. The third-order valence-corrected chi connectivity index (χ3v) is 20.0. The first-order valence-corrected chi connectivity index (χ1v) is 35.0. The minimum Gasteiger partial charge on any atom is -0.457 e. The van der Waals surface area contributed by atoms with E-state index in [1.165, 1.54) is 9.80 Å². The van der Waals surface area contributed by atoms with Gasteiger partial charge in [0.2, 0.25) is 11.8 Å². The number of rotatable bonds is 16. The van der Waals surface area contributed by atoms with Crippen LogP contribution in [0, 0.1) is 11.8 Å². The summed E-state index contributed by atoms with van der Waals surface area (Å²) in [6, 6.07) is 52.9. The van der Waals surface area contributed by atoms with E-state index in [1.54, 1.807) is 62.6 Å². The molecule has 11 aromatic carbocycles. The van der Waals surface area contributed by atoms with Crippen LogP contribution in [0.25, 0.3) is 43.1 Å². The lowest BCUT2D eigenvalue weighted by atomic mass is 9.80. The summed E-state index contributed by atoms with van der Waals surface area (Å²) in [5.74, 6) is -3.11. The predicted molar refractivity (Wildman–Crippen MR) is 406 cm³/mol. The molecule has 0 bridgehead atoms. The van der Waals surface area contributed by atoms with Crippen molar-refractivity contribution in [3.8, 4) is 46.0 Å². The van der Waals surface area contributed by atoms with E-state index in [0.717, 1.165) is 32.1 Å². The lowest BCUT2D eigenvalue weighted by molar-refractivity contribution is -0.124. The van der Waals surface area contributed by atoms with Crippen molar-refractivity contribution in [2.45, 2.75) is 145 Å². The molecule has 0 saturated carbocycles. The average molecular weight is 1360 g/mol. The van der Waals surface area contributed by atoms with Crippen molar-refractivity contribution >= 4 is 89.9 Å². The zero-order valence-electron chi connectivity index (χ0n) is 61.5. The van der Waals surface area contributed by atoms with Gasteiger partial charge in [0.15, 0.2) is 0 Å². The van der Waals surface area contributed by atoms with Crippen LogP contribution in [0.2, 0.25) is 0 Å². The van der Waals surface area contributed by atoms with Crippen LogP contribution in [-0.2, 0) is 31.2 Å². The second-order valence-corrected chi connectivity index (χ2v) is 32.0. The van der Waals surface area contributed by atoms with Gasteiger partial charge in [-0.25, -0.2) is 0 Å². The van der Waals surface area contributed by atoms with E-state index in [4.69, 9.17) is 18.9 Å². The van der Waals surface area contributed by atoms with Gasteiger partial charge < -0.3 is 28.7 Å². The lowest BCUT2D eigenvalue weighted by Crippen LogP contribution is -2.56. The summed E-state index contributed by atoms with van der Waals surface area (Å²) in [6.07, 6.45) is 0. The Hall–Kier alpha value is -10.9. The van der Waals surface area contributed by atoms with Crippen molar-refractivity contribution in [2.24, 2.45) is 11.8 Å². The molecule has 11 aromatic rings. The summed E-state index contributed by atoms with van der Waals surface area (Å²) in [4.78, 5) is 102. The minimum absolute atomic E-state index is 0.0493. The molecule has 2 aliphatic heterocycles. The number of likely N-dealkylation sites (N-methyl/N-ethyl adjacent to an activating group) is 2. The molecule has 520 valence electrons. The average Bonchev–Trinajstić information content (AvgIpc) is 0.670. The molecule has 14 nitrogen and oxygen atoms in total. The number of nitrogens with zero attached hydrogens (tertiary/aromatic N) is 4. The Kier molecular flexibility index (Phi) is 17.5. The maximum atomic E-state index is 16.5. The summed E-state index contributed by atoms with van der Waals surface area (Å²) < 4.78 is 29.5. The maximum absolute atomic E-state index is 16.5. The molecular formula is C88H88N4O10. The molecule has 102 heavy (non-hydrogen) atoms. The smallest absolute Gasteiger partial charge is 0.262 e. The van der Waals surface area contributed by atoms with Gasteiger partial charge in [-0.3, -0.25) is 38.6 Å². The lowest BCUT2D eigenvalue weighted by Gasteiger charge is -2.38. The molecule has 13 rings (SSSR count). The van der Waals surface area contributed by atoms with Crippen molar-refractivity contribution in [1.29, 1.82) is 0 Å². The first kappa shape index (κ1) is 69.6. The normalized spacial score (nSPS) is 14.2. The number of hydrogen-bond donors (Lipinski definition) is 0. The molecule has 0 radical (unpaired) electrons. The van der Waals surface area contributed by atoms with E-state index in [9.17, 15) is 0 Å². The number of para-hydroxylation sites is 2. The number of anilines is 2. The molecule has 2 atom stereocenters. The van der Waals surface area contributed by atoms with Crippen LogP contribution in [0.4, 0.5) is 11.4 Å². The molecule has 0 fully saturated rings. The molecule has 2 unspecified atom stereocenters. The van der Waals surface area contributed by atoms with Crippen LogP contribution in [-0.4, -0.2) is 71.4 Å². The van der Waals surface area contributed by atoms with Crippen LogP contribution in [0.3, 0.4) is 0 Å². The number of benzene rings is 11. The highest BCUT2D eigenvalue weighted by atomic mass is 16.5. The van der Waals surface area contributed by atoms with Gasteiger partial charge in [0, 0.05) is 68.6 Å². The van der Waals surface area contributed by atoms with Crippen molar-refractivity contribution in [3.63, 3.8) is 0 Å². The molecule has 2 heterocycles. The quantitative estimate of drug-likeness (QED) is 0.0519. The number of fused-ring (bicyclic) bond motifs is 2. The van der Waals surface area contributed by atoms with Crippen LogP contribution in [0.1, 0.15) is 174 Å². The summed E-state index contributed by atoms with van der Waals surface area (Å²) in [5.41, 5.74) is 4.46. The third-order valence-electron chi connectivity index (χ3n) is 20.0. The van der Waals surface area contributed by atoms with Gasteiger partial charge in [0.25, 0.3) is 23.6 Å². The molecule has 0 aromatic heterocycles. The fraction of sp³-hybridized carbons (Fsp3) is 0.295. The monoisotopic (exact) mass is 1360 g/mol. The Balaban J connectivity index is 1.21. The Bertz CT molecular complexity index is 4600.